The number of halogens is 1. The zero-order valence-electron chi connectivity index (χ0n) is 9.34. The highest BCUT2D eigenvalue weighted by Crippen LogP contribution is 2.05. The average molecular weight is 236 g/mol. The lowest BCUT2D eigenvalue weighted by Crippen LogP contribution is -2.07. The van der Waals surface area contributed by atoms with Crippen LogP contribution < -0.4 is 4.90 Å². The molecule has 0 aliphatic rings. The van der Waals surface area contributed by atoms with Crippen LogP contribution in [0.4, 0.5) is 5.69 Å². The molecular weight excluding hydrogens is 222 g/mol. The molecule has 0 unspecified atom stereocenters. The van der Waals surface area contributed by atoms with Crippen LogP contribution in [-0.4, -0.2) is 24.1 Å². The van der Waals surface area contributed by atoms with Gasteiger partial charge < -0.3 is 4.90 Å². The van der Waals surface area contributed by atoms with Crippen LogP contribution in [0.15, 0.2) is 48.9 Å². The van der Waals surface area contributed by atoms with Gasteiger partial charge in [-0.15, -0.1) is 0 Å². The number of pyridine rings is 2. The quantitative estimate of drug-likeness (QED) is 0.712. The summed E-state index contributed by atoms with van der Waals surface area (Å²) in [6, 6.07) is 9.35. The summed E-state index contributed by atoms with van der Waals surface area (Å²) in [5, 5.41) is 0.544. The molecular formula is C12H14ClN3. The van der Waals surface area contributed by atoms with Crippen LogP contribution in [-0.2, 0) is 0 Å². The highest BCUT2D eigenvalue weighted by molar-refractivity contribution is 6.29. The first-order valence-electron chi connectivity index (χ1n) is 4.84. The van der Waals surface area contributed by atoms with Crippen molar-refractivity contribution in [2.45, 2.75) is 0 Å². The summed E-state index contributed by atoms with van der Waals surface area (Å²) in [4.78, 5) is 9.69. The predicted octanol–water partition coefficient (Wildman–Crippen LogP) is 2.88. The number of hydrogen-bond donors (Lipinski definition) is 0. The second kappa shape index (κ2) is 6.80. The fraction of sp³-hybridized carbons (Fsp3) is 0.167. The third-order valence-electron chi connectivity index (χ3n) is 1.81. The van der Waals surface area contributed by atoms with E-state index in [2.05, 4.69) is 9.97 Å². The van der Waals surface area contributed by atoms with Crippen LogP contribution in [0, 0.1) is 0 Å². The summed E-state index contributed by atoms with van der Waals surface area (Å²) >= 11 is 5.43. The number of nitrogens with zero attached hydrogens (tertiary/aromatic N) is 3. The third kappa shape index (κ3) is 4.75. The van der Waals surface area contributed by atoms with Crippen molar-refractivity contribution in [1.29, 1.82) is 0 Å². The first kappa shape index (κ1) is 12.5. The minimum atomic E-state index is 0.544. The molecule has 0 aliphatic heterocycles. The van der Waals surface area contributed by atoms with Gasteiger partial charge in [0, 0.05) is 38.4 Å². The topological polar surface area (TPSA) is 29.0 Å². The molecule has 2 heterocycles. The van der Waals surface area contributed by atoms with E-state index in [-0.39, 0.29) is 0 Å². The van der Waals surface area contributed by atoms with Crippen molar-refractivity contribution in [2.75, 3.05) is 19.0 Å². The Morgan fingerprint density at radius 3 is 2.00 bits per heavy atom. The largest absolute Gasteiger partial charge is 0.378 e. The second-order valence-electron chi connectivity index (χ2n) is 3.25. The van der Waals surface area contributed by atoms with Crippen molar-refractivity contribution in [2.24, 2.45) is 0 Å². The van der Waals surface area contributed by atoms with Crippen molar-refractivity contribution in [3.05, 3.63) is 54.1 Å². The molecule has 0 radical (unpaired) electrons. The number of aromatic nitrogens is 2. The van der Waals surface area contributed by atoms with E-state index >= 15 is 0 Å². The van der Waals surface area contributed by atoms with E-state index in [9.17, 15) is 0 Å². The zero-order valence-corrected chi connectivity index (χ0v) is 10.1. The maximum atomic E-state index is 5.43. The average Bonchev–Trinajstić information content (AvgIpc) is 2.32. The Bertz CT molecular complexity index is 390. The predicted molar refractivity (Wildman–Crippen MR) is 67.8 cm³/mol. The van der Waals surface area contributed by atoms with Crippen molar-refractivity contribution < 1.29 is 0 Å². The van der Waals surface area contributed by atoms with Gasteiger partial charge in [-0.3, -0.25) is 4.98 Å². The maximum Gasteiger partial charge on any atom is 0.129 e. The highest BCUT2D eigenvalue weighted by atomic mass is 35.5. The van der Waals surface area contributed by atoms with E-state index in [1.165, 1.54) is 5.69 Å². The lowest BCUT2D eigenvalue weighted by atomic mass is 10.4. The number of hydrogen-bond acceptors (Lipinski definition) is 3. The molecule has 2 aromatic heterocycles. The van der Waals surface area contributed by atoms with Gasteiger partial charge in [0.2, 0.25) is 0 Å². The molecule has 3 nitrogen and oxygen atoms in total. The first-order valence-corrected chi connectivity index (χ1v) is 5.22. The molecule has 2 aromatic rings. The Kier molecular flexibility index (Phi) is 5.29. The van der Waals surface area contributed by atoms with Gasteiger partial charge in [0.1, 0.15) is 5.15 Å². The zero-order chi connectivity index (χ0) is 11.8. The lowest BCUT2D eigenvalue weighted by molar-refractivity contribution is 1.12. The van der Waals surface area contributed by atoms with Crippen molar-refractivity contribution in [3.8, 4) is 0 Å². The van der Waals surface area contributed by atoms with E-state index in [1.807, 2.05) is 43.3 Å². The van der Waals surface area contributed by atoms with Gasteiger partial charge in [0.15, 0.2) is 0 Å². The molecule has 0 aromatic carbocycles. The van der Waals surface area contributed by atoms with Crippen molar-refractivity contribution in [1.82, 2.24) is 9.97 Å². The molecule has 0 atom stereocenters. The fourth-order valence-electron chi connectivity index (χ4n) is 0.984. The Balaban J connectivity index is 0.000000165. The van der Waals surface area contributed by atoms with E-state index in [0.29, 0.717) is 5.15 Å². The third-order valence-corrected chi connectivity index (χ3v) is 2.03. The molecule has 0 N–H and O–H groups in total. The summed E-state index contributed by atoms with van der Waals surface area (Å²) in [7, 11) is 4.02. The van der Waals surface area contributed by atoms with Gasteiger partial charge in [-0.05, 0) is 24.3 Å². The summed E-state index contributed by atoms with van der Waals surface area (Å²) < 4.78 is 0. The summed E-state index contributed by atoms with van der Waals surface area (Å²) in [5.41, 5.74) is 1.19. The van der Waals surface area contributed by atoms with Gasteiger partial charge >= 0.3 is 0 Å². The molecule has 0 saturated carbocycles. The second-order valence-corrected chi connectivity index (χ2v) is 3.64. The van der Waals surface area contributed by atoms with E-state index in [0.717, 1.165) is 0 Å². The molecule has 2 rings (SSSR count). The number of rotatable bonds is 1. The molecule has 0 spiro atoms. The first-order chi connectivity index (χ1) is 7.70. The molecule has 0 saturated heterocycles. The summed E-state index contributed by atoms with van der Waals surface area (Å²) in [6.07, 6.45) is 5.23. The van der Waals surface area contributed by atoms with E-state index < -0.39 is 0 Å². The molecule has 0 aliphatic carbocycles. The van der Waals surface area contributed by atoms with Crippen LogP contribution >= 0.6 is 11.6 Å². The van der Waals surface area contributed by atoms with Crippen LogP contribution in [0.25, 0.3) is 0 Å². The van der Waals surface area contributed by atoms with Gasteiger partial charge in [-0.1, -0.05) is 17.7 Å². The smallest absolute Gasteiger partial charge is 0.129 e. The van der Waals surface area contributed by atoms with E-state index in [4.69, 9.17) is 11.6 Å². The van der Waals surface area contributed by atoms with Crippen molar-refractivity contribution >= 4 is 17.3 Å². The van der Waals surface area contributed by atoms with Gasteiger partial charge in [-0.25, -0.2) is 4.98 Å². The van der Waals surface area contributed by atoms with E-state index in [1.54, 1.807) is 24.7 Å². The maximum absolute atomic E-state index is 5.43. The lowest BCUT2D eigenvalue weighted by Gasteiger charge is -2.10. The molecule has 16 heavy (non-hydrogen) atoms. The molecule has 0 fully saturated rings. The minimum Gasteiger partial charge on any atom is -0.378 e. The molecule has 84 valence electrons. The Labute approximate surface area is 101 Å². The molecule has 0 amide bonds. The highest BCUT2D eigenvalue weighted by Gasteiger charge is 1.88. The van der Waals surface area contributed by atoms with Gasteiger partial charge in [-0.2, -0.15) is 0 Å². The summed E-state index contributed by atoms with van der Waals surface area (Å²) in [6.45, 7) is 0. The van der Waals surface area contributed by atoms with Crippen LogP contribution in [0.2, 0.25) is 5.15 Å². The Morgan fingerprint density at radius 1 is 1.00 bits per heavy atom. The summed E-state index contributed by atoms with van der Waals surface area (Å²) in [5.74, 6) is 0. The normalized spacial score (nSPS) is 8.94. The Hall–Kier alpha value is -1.61. The number of anilines is 1. The van der Waals surface area contributed by atoms with Crippen LogP contribution in [0.5, 0.6) is 0 Å². The van der Waals surface area contributed by atoms with Crippen LogP contribution in [0.1, 0.15) is 0 Å². The molecule has 4 heteroatoms. The SMILES string of the molecule is CN(C)c1ccncc1.Clc1ccccn1. The fourth-order valence-corrected chi connectivity index (χ4v) is 1.11. The van der Waals surface area contributed by atoms with Crippen LogP contribution in [0.3, 0.4) is 0 Å². The molecule has 0 bridgehead atoms. The minimum absolute atomic E-state index is 0.544. The Morgan fingerprint density at radius 2 is 1.69 bits per heavy atom. The van der Waals surface area contributed by atoms with Crippen molar-refractivity contribution in [3.63, 3.8) is 0 Å². The monoisotopic (exact) mass is 235 g/mol. The standard InChI is InChI=1S/C7H10N2.C5H4ClN/c1-9(2)7-3-5-8-6-4-7;6-5-3-1-2-4-7-5/h3-6H,1-2H3;1-4H. The van der Waals surface area contributed by atoms with Gasteiger partial charge in [0.25, 0.3) is 0 Å². The van der Waals surface area contributed by atoms with Gasteiger partial charge in [0.05, 0.1) is 0 Å².